The molecule has 0 atom stereocenters. The van der Waals surface area contributed by atoms with Crippen molar-refractivity contribution in [2.75, 3.05) is 0 Å². The molecule has 0 saturated heterocycles. The number of carbonyl (C=O) groups is 1. The van der Waals surface area contributed by atoms with Crippen molar-refractivity contribution in [3.8, 4) is 11.1 Å². The molecule has 3 heteroatoms. The van der Waals surface area contributed by atoms with Crippen LogP contribution in [-0.4, -0.2) is 16.1 Å². The molecular weight excluding hydrogens is 202 g/mol. The number of aromatic carboxylic acids is 1. The van der Waals surface area contributed by atoms with Crippen LogP contribution in [0.2, 0.25) is 0 Å². The largest absolute Gasteiger partial charge is 0.477 e. The van der Waals surface area contributed by atoms with Gasteiger partial charge in [0.2, 0.25) is 0 Å². The molecule has 2 N–H and O–H groups in total. The Hall–Kier alpha value is -2.03. The second-order valence-corrected chi connectivity index (χ2v) is 3.82. The highest BCUT2D eigenvalue weighted by Crippen LogP contribution is 2.27. The Morgan fingerprint density at radius 1 is 1.19 bits per heavy atom. The summed E-state index contributed by atoms with van der Waals surface area (Å²) < 4.78 is 0. The van der Waals surface area contributed by atoms with Gasteiger partial charge in [-0.3, -0.25) is 0 Å². The van der Waals surface area contributed by atoms with Gasteiger partial charge in [-0.2, -0.15) is 0 Å². The molecule has 2 aromatic rings. The number of aromatic nitrogens is 1. The summed E-state index contributed by atoms with van der Waals surface area (Å²) in [6.07, 6.45) is 1.65. The van der Waals surface area contributed by atoms with Crippen LogP contribution in [0.5, 0.6) is 0 Å². The average Bonchev–Trinajstić information content (AvgIpc) is 2.70. The molecule has 0 aliphatic carbocycles. The van der Waals surface area contributed by atoms with Gasteiger partial charge in [0, 0.05) is 11.8 Å². The van der Waals surface area contributed by atoms with Crippen molar-refractivity contribution in [3.63, 3.8) is 0 Å². The molecular formula is C13H13NO2. The number of rotatable bonds is 2. The first-order valence-corrected chi connectivity index (χ1v) is 5.08. The number of carboxylic acid groups (broad SMARTS) is 1. The highest BCUT2D eigenvalue weighted by molar-refractivity contribution is 5.94. The summed E-state index contributed by atoms with van der Waals surface area (Å²) in [5.74, 6) is -0.930. The molecule has 0 saturated carbocycles. The van der Waals surface area contributed by atoms with Gasteiger partial charge in [0.25, 0.3) is 0 Å². The van der Waals surface area contributed by atoms with E-state index >= 15 is 0 Å². The van der Waals surface area contributed by atoms with Crippen LogP contribution < -0.4 is 0 Å². The standard InChI is InChI=1S/C13H13NO2/c1-8-4-3-5-10(9(8)2)11-6-7-14-12(11)13(15)16/h3-7,14H,1-2H3,(H,15,16). The van der Waals surface area contributed by atoms with Crippen molar-refractivity contribution in [1.29, 1.82) is 0 Å². The number of nitrogens with one attached hydrogen (secondary N) is 1. The van der Waals surface area contributed by atoms with Crippen molar-refractivity contribution in [3.05, 3.63) is 47.3 Å². The van der Waals surface area contributed by atoms with Gasteiger partial charge in [-0.15, -0.1) is 0 Å². The third kappa shape index (κ3) is 1.60. The zero-order valence-corrected chi connectivity index (χ0v) is 9.24. The van der Waals surface area contributed by atoms with Gasteiger partial charge in [-0.1, -0.05) is 18.2 Å². The first-order chi connectivity index (χ1) is 7.61. The lowest BCUT2D eigenvalue weighted by Gasteiger charge is -2.07. The number of H-pyrrole nitrogens is 1. The van der Waals surface area contributed by atoms with Crippen LogP contribution in [0.1, 0.15) is 21.6 Å². The first kappa shape index (κ1) is 10.5. The highest BCUT2D eigenvalue weighted by Gasteiger charge is 2.14. The minimum atomic E-state index is -0.930. The van der Waals surface area contributed by atoms with E-state index < -0.39 is 5.97 Å². The molecule has 0 radical (unpaired) electrons. The zero-order valence-electron chi connectivity index (χ0n) is 9.24. The SMILES string of the molecule is Cc1cccc(-c2cc[nH]c2C(=O)O)c1C. The minimum absolute atomic E-state index is 0.244. The Balaban J connectivity index is 2.63. The number of aromatic amines is 1. The smallest absolute Gasteiger partial charge is 0.352 e. The van der Waals surface area contributed by atoms with Crippen molar-refractivity contribution < 1.29 is 9.90 Å². The Bertz CT molecular complexity index is 541. The molecule has 0 fully saturated rings. The lowest BCUT2D eigenvalue weighted by atomic mass is 9.97. The van der Waals surface area contributed by atoms with E-state index in [0.29, 0.717) is 0 Å². The van der Waals surface area contributed by atoms with Gasteiger partial charge >= 0.3 is 5.97 Å². The van der Waals surface area contributed by atoms with Crippen LogP contribution >= 0.6 is 0 Å². The minimum Gasteiger partial charge on any atom is -0.477 e. The van der Waals surface area contributed by atoms with Gasteiger partial charge in [-0.05, 0) is 36.6 Å². The molecule has 1 aromatic heterocycles. The number of aryl methyl sites for hydroxylation is 1. The van der Waals surface area contributed by atoms with Gasteiger partial charge in [0.15, 0.2) is 0 Å². The van der Waals surface area contributed by atoms with Gasteiger partial charge in [0.05, 0.1) is 0 Å². The van der Waals surface area contributed by atoms with Crippen LogP contribution in [0.3, 0.4) is 0 Å². The molecule has 0 aliphatic rings. The summed E-state index contributed by atoms with van der Waals surface area (Å²) in [7, 11) is 0. The van der Waals surface area contributed by atoms with E-state index in [-0.39, 0.29) is 5.69 Å². The molecule has 82 valence electrons. The van der Waals surface area contributed by atoms with E-state index in [0.717, 1.165) is 22.3 Å². The van der Waals surface area contributed by atoms with Crippen LogP contribution in [0.4, 0.5) is 0 Å². The van der Waals surface area contributed by atoms with Crippen LogP contribution in [0.15, 0.2) is 30.5 Å². The van der Waals surface area contributed by atoms with Gasteiger partial charge in [-0.25, -0.2) is 4.79 Å². The van der Waals surface area contributed by atoms with E-state index in [9.17, 15) is 4.79 Å². The monoisotopic (exact) mass is 215 g/mol. The third-order valence-corrected chi connectivity index (χ3v) is 2.86. The third-order valence-electron chi connectivity index (χ3n) is 2.86. The van der Waals surface area contributed by atoms with E-state index in [4.69, 9.17) is 5.11 Å². The van der Waals surface area contributed by atoms with Crippen molar-refractivity contribution in [2.45, 2.75) is 13.8 Å². The normalized spacial score (nSPS) is 10.4. The number of hydrogen-bond acceptors (Lipinski definition) is 1. The van der Waals surface area contributed by atoms with E-state index in [2.05, 4.69) is 4.98 Å². The summed E-state index contributed by atoms with van der Waals surface area (Å²) in [6.45, 7) is 4.02. The summed E-state index contributed by atoms with van der Waals surface area (Å²) in [5, 5.41) is 9.04. The predicted octanol–water partition coefficient (Wildman–Crippen LogP) is 3.00. The topological polar surface area (TPSA) is 53.1 Å². The average molecular weight is 215 g/mol. The number of hydrogen-bond donors (Lipinski definition) is 2. The number of carboxylic acids is 1. The summed E-state index contributed by atoms with van der Waals surface area (Å²) >= 11 is 0. The van der Waals surface area contributed by atoms with E-state index in [1.165, 1.54) is 0 Å². The van der Waals surface area contributed by atoms with Crippen molar-refractivity contribution >= 4 is 5.97 Å². The molecule has 0 aliphatic heterocycles. The Morgan fingerprint density at radius 2 is 1.94 bits per heavy atom. The van der Waals surface area contributed by atoms with Crippen molar-refractivity contribution in [1.82, 2.24) is 4.98 Å². The van der Waals surface area contributed by atoms with Crippen LogP contribution in [0.25, 0.3) is 11.1 Å². The first-order valence-electron chi connectivity index (χ1n) is 5.08. The Morgan fingerprint density at radius 3 is 2.62 bits per heavy atom. The van der Waals surface area contributed by atoms with Crippen LogP contribution in [0, 0.1) is 13.8 Å². The molecule has 0 amide bonds. The fourth-order valence-corrected chi connectivity index (χ4v) is 1.81. The van der Waals surface area contributed by atoms with E-state index in [1.807, 2.05) is 32.0 Å². The molecule has 0 unspecified atom stereocenters. The molecule has 1 heterocycles. The molecule has 2 rings (SSSR count). The number of benzene rings is 1. The van der Waals surface area contributed by atoms with Crippen molar-refractivity contribution in [2.24, 2.45) is 0 Å². The maximum absolute atomic E-state index is 11.0. The second kappa shape index (κ2) is 3.85. The lowest BCUT2D eigenvalue weighted by molar-refractivity contribution is 0.0692. The van der Waals surface area contributed by atoms with Gasteiger partial charge in [0.1, 0.15) is 5.69 Å². The molecule has 3 nitrogen and oxygen atoms in total. The quantitative estimate of drug-likeness (QED) is 0.809. The second-order valence-electron chi connectivity index (χ2n) is 3.82. The summed E-state index contributed by atoms with van der Waals surface area (Å²) in [6, 6.07) is 7.70. The zero-order chi connectivity index (χ0) is 11.7. The molecule has 0 bridgehead atoms. The predicted molar refractivity (Wildman–Crippen MR) is 62.7 cm³/mol. The Labute approximate surface area is 93.7 Å². The lowest BCUT2D eigenvalue weighted by Crippen LogP contribution is -1.99. The molecule has 0 spiro atoms. The summed E-state index contributed by atoms with van der Waals surface area (Å²) in [5.41, 5.74) is 4.24. The molecule has 1 aromatic carbocycles. The maximum atomic E-state index is 11.0. The highest BCUT2D eigenvalue weighted by atomic mass is 16.4. The van der Waals surface area contributed by atoms with Gasteiger partial charge < -0.3 is 10.1 Å². The van der Waals surface area contributed by atoms with E-state index in [1.54, 1.807) is 12.3 Å². The maximum Gasteiger partial charge on any atom is 0.352 e. The summed E-state index contributed by atoms with van der Waals surface area (Å²) in [4.78, 5) is 13.8. The molecule has 16 heavy (non-hydrogen) atoms. The fourth-order valence-electron chi connectivity index (χ4n) is 1.81. The van der Waals surface area contributed by atoms with Crippen LogP contribution in [-0.2, 0) is 0 Å². The fraction of sp³-hybridized carbons (Fsp3) is 0.154. The Kier molecular flexibility index (Phi) is 2.52.